The molecule has 0 amide bonds. The summed E-state index contributed by atoms with van der Waals surface area (Å²) >= 11 is 5.85. The number of hydrogen-bond acceptors (Lipinski definition) is 2. The van der Waals surface area contributed by atoms with Crippen LogP contribution < -0.4 is 5.32 Å². The van der Waals surface area contributed by atoms with Gasteiger partial charge in [-0.1, -0.05) is 11.6 Å². The molecule has 0 aliphatic carbocycles. The molecule has 1 heterocycles. The number of rotatable bonds is 2. The maximum absolute atomic E-state index is 14.1. The standard InChI is InChI=1S/C13H15ClFNO2/c1-6-3-9(14)12(15)11(7(6)2)10-4-8(5-16-10)13(17)18/h3,8,10,16H,4-5H2,1-2H3,(H,17,18). The predicted octanol–water partition coefficient (Wildman–Crippen LogP) is 2.83. The molecule has 0 saturated carbocycles. The lowest BCUT2D eigenvalue weighted by molar-refractivity contribution is -0.141. The molecule has 1 aliphatic rings. The topological polar surface area (TPSA) is 49.3 Å². The van der Waals surface area contributed by atoms with Gasteiger partial charge in [-0.15, -0.1) is 0 Å². The lowest BCUT2D eigenvalue weighted by atomic mass is 9.93. The Hall–Kier alpha value is -1.13. The van der Waals surface area contributed by atoms with Crippen molar-refractivity contribution in [3.05, 3.63) is 33.6 Å². The Balaban J connectivity index is 2.38. The van der Waals surface area contributed by atoms with Crippen molar-refractivity contribution in [3.63, 3.8) is 0 Å². The van der Waals surface area contributed by atoms with Gasteiger partial charge in [0.1, 0.15) is 5.82 Å². The van der Waals surface area contributed by atoms with E-state index in [1.807, 2.05) is 13.8 Å². The van der Waals surface area contributed by atoms with Gasteiger partial charge in [0.15, 0.2) is 0 Å². The van der Waals surface area contributed by atoms with Gasteiger partial charge in [0.25, 0.3) is 0 Å². The third kappa shape index (κ3) is 2.22. The Bertz CT molecular complexity index is 478. The van der Waals surface area contributed by atoms with Gasteiger partial charge in [-0.2, -0.15) is 0 Å². The first-order valence-corrected chi connectivity index (χ1v) is 6.21. The summed E-state index contributed by atoms with van der Waals surface area (Å²) in [6.45, 7) is 4.07. The van der Waals surface area contributed by atoms with E-state index in [1.165, 1.54) is 0 Å². The molecule has 1 fully saturated rings. The molecule has 98 valence electrons. The minimum absolute atomic E-state index is 0.0914. The van der Waals surface area contributed by atoms with Crippen molar-refractivity contribution in [2.24, 2.45) is 5.92 Å². The number of carbonyl (C=O) groups is 1. The molecule has 0 radical (unpaired) electrons. The van der Waals surface area contributed by atoms with Gasteiger partial charge in [-0.3, -0.25) is 4.79 Å². The number of halogens is 2. The second kappa shape index (κ2) is 4.86. The van der Waals surface area contributed by atoms with Gasteiger partial charge in [-0.05, 0) is 37.5 Å². The van der Waals surface area contributed by atoms with Crippen molar-refractivity contribution < 1.29 is 14.3 Å². The van der Waals surface area contributed by atoms with Gasteiger partial charge in [0.05, 0.1) is 10.9 Å². The Morgan fingerprint density at radius 2 is 2.22 bits per heavy atom. The number of carboxylic acids is 1. The van der Waals surface area contributed by atoms with E-state index in [0.29, 0.717) is 18.5 Å². The van der Waals surface area contributed by atoms with Gasteiger partial charge in [0.2, 0.25) is 0 Å². The van der Waals surface area contributed by atoms with Gasteiger partial charge in [-0.25, -0.2) is 4.39 Å². The van der Waals surface area contributed by atoms with Crippen molar-refractivity contribution in [1.82, 2.24) is 5.32 Å². The average molecular weight is 272 g/mol. The van der Waals surface area contributed by atoms with E-state index in [1.54, 1.807) is 6.07 Å². The third-order valence-corrected chi connectivity index (χ3v) is 3.89. The monoisotopic (exact) mass is 271 g/mol. The average Bonchev–Trinajstić information content (AvgIpc) is 2.76. The molecule has 5 heteroatoms. The maximum Gasteiger partial charge on any atom is 0.307 e. The summed E-state index contributed by atoms with van der Waals surface area (Å²) in [6.07, 6.45) is 0.396. The highest BCUT2D eigenvalue weighted by molar-refractivity contribution is 6.30. The number of hydrogen-bond donors (Lipinski definition) is 2. The van der Waals surface area contributed by atoms with E-state index in [9.17, 15) is 9.18 Å². The highest BCUT2D eigenvalue weighted by Crippen LogP contribution is 2.35. The second-order valence-corrected chi connectivity index (χ2v) is 5.17. The van der Waals surface area contributed by atoms with Crippen molar-refractivity contribution in [2.75, 3.05) is 6.54 Å². The first kappa shape index (κ1) is 13.3. The van der Waals surface area contributed by atoms with Crippen molar-refractivity contribution >= 4 is 17.6 Å². The third-order valence-electron chi connectivity index (χ3n) is 3.61. The molecular formula is C13H15ClFNO2. The SMILES string of the molecule is Cc1cc(Cl)c(F)c(C2CC(C(=O)O)CN2)c1C. The van der Waals surface area contributed by atoms with Crippen LogP contribution in [-0.4, -0.2) is 17.6 Å². The van der Waals surface area contributed by atoms with Crippen LogP contribution in [0.5, 0.6) is 0 Å². The number of benzene rings is 1. The zero-order valence-corrected chi connectivity index (χ0v) is 11.0. The van der Waals surface area contributed by atoms with Crippen molar-refractivity contribution in [1.29, 1.82) is 0 Å². The Kier molecular flexibility index (Phi) is 3.59. The molecule has 3 nitrogen and oxygen atoms in total. The number of nitrogens with one attached hydrogen (secondary N) is 1. The molecular weight excluding hydrogens is 257 g/mol. The molecule has 0 aromatic heterocycles. The molecule has 2 N–H and O–H groups in total. The lowest BCUT2D eigenvalue weighted by Gasteiger charge is -2.17. The van der Waals surface area contributed by atoms with Gasteiger partial charge < -0.3 is 10.4 Å². The van der Waals surface area contributed by atoms with E-state index in [4.69, 9.17) is 16.7 Å². The summed E-state index contributed by atoms with van der Waals surface area (Å²) in [4.78, 5) is 10.9. The lowest BCUT2D eigenvalue weighted by Crippen LogP contribution is -2.18. The Morgan fingerprint density at radius 1 is 1.56 bits per heavy atom. The molecule has 2 rings (SSSR count). The molecule has 0 bridgehead atoms. The van der Waals surface area contributed by atoms with Crippen LogP contribution >= 0.6 is 11.6 Å². The highest BCUT2D eigenvalue weighted by Gasteiger charge is 2.33. The predicted molar refractivity (Wildman–Crippen MR) is 67.4 cm³/mol. The molecule has 1 aromatic carbocycles. The number of carboxylic acid groups (broad SMARTS) is 1. The van der Waals surface area contributed by atoms with Crippen LogP contribution in [0.4, 0.5) is 4.39 Å². The van der Waals surface area contributed by atoms with Crippen LogP contribution in [0, 0.1) is 25.6 Å². The first-order chi connectivity index (χ1) is 8.41. The highest BCUT2D eigenvalue weighted by atomic mass is 35.5. The van der Waals surface area contributed by atoms with E-state index in [0.717, 1.165) is 11.1 Å². The van der Waals surface area contributed by atoms with Crippen LogP contribution in [0.1, 0.15) is 29.2 Å². The smallest absolute Gasteiger partial charge is 0.307 e. The van der Waals surface area contributed by atoms with E-state index >= 15 is 0 Å². The van der Waals surface area contributed by atoms with E-state index in [2.05, 4.69) is 5.32 Å². The van der Waals surface area contributed by atoms with E-state index in [-0.39, 0.29) is 11.1 Å². The maximum atomic E-state index is 14.1. The summed E-state index contributed by atoms with van der Waals surface area (Å²) < 4.78 is 14.1. The number of aliphatic carboxylic acids is 1. The zero-order valence-electron chi connectivity index (χ0n) is 10.3. The fourth-order valence-corrected chi connectivity index (χ4v) is 2.69. The molecule has 2 atom stereocenters. The summed E-state index contributed by atoms with van der Waals surface area (Å²) in [6, 6.07) is 1.32. The van der Waals surface area contributed by atoms with Crippen molar-refractivity contribution in [2.45, 2.75) is 26.3 Å². The van der Waals surface area contributed by atoms with Crippen LogP contribution in [0.2, 0.25) is 5.02 Å². The van der Waals surface area contributed by atoms with E-state index < -0.39 is 17.7 Å². The summed E-state index contributed by atoms with van der Waals surface area (Å²) in [5.74, 6) is -1.75. The molecule has 0 spiro atoms. The summed E-state index contributed by atoms with van der Waals surface area (Å²) in [5, 5.41) is 12.1. The fourth-order valence-electron chi connectivity index (χ4n) is 2.43. The summed E-state index contributed by atoms with van der Waals surface area (Å²) in [7, 11) is 0. The van der Waals surface area contributed by atoms with Crippen LogP contribution in [0.15, 0.2) is 6.07 Å². The Labute approximate surface area is 110 Å². The molecule has 18 heavy (non-hydrogen) atoms. The van der Waals surface area contributed by atoms with Crippen LogP contribution in [0.25, 0.3) is 0 Å². The first-order valence-electron chi connectivity index (χ1n) is 5.83. The molecule has 2 unspecified atom stereocenters. The molecule has 1 saturated heterocycles. The van der Waals surface area contributed by atoms with Gasteiger partial charge in [0, 0.05) is 18.2 Å². The molecule has 1 aromatic rings. The Morgan fingerprint density at radius 3 is 2.78 bits per heavy atom. The zero-order chi connectivity index (χ0) is 13.4. The van der Waals surface area contributed by atoms with Gasteiger partial charge >= 0.3 is 5.97 Å². The second-order valence-electron chi connectivity index (χ2n) is 4.76. The summed E-state index contributed by atoms with van der Waals surface area (Å²) in [5.41, 5.74) is 2.25. The minimum Gasteiger partial charge on any atom is -0.481 e. The van der Waals surface area contributed by atoms with Crippen LogP contribution in [0.3, 0.4) is 0 Å². The van der Waals surface area contributed by atoms with Crippen LogP contribution in [-0.2, 0) is 4.79 Å². The quantitative estimate of drug-likeness (QED) is 0.870. The largest absolute Gasteiger partial charge is 0.481 e. The number of aryl methyl sites for hydroxylation is 1. The normalized spacial score (nSPS) is 23.3. The minimum atomic E-state index is -0.846. The molecule has 1 aliphatic heterocycles. The van der Waals surface area contributed by atoms with Crippen molar-refractivity contribution in [3.8, 4) is 0 Å². The fraction of sp³-hybridized carbons (Fsp3) is 0.462.